The van der Waals surface area contributed by atoms with E-state index in [-0.39, 0.29) is 5.54 Å². The van der Waals surface area contributed by atoms with Gasteiger partial charge in [-0.3, -0.25) is 4.90 Å². The highest BCUT2D eigenvalue weighted by Gasteiger charge is 2.31. The third kappa shape index (κ3) is 2.32. The van der Waals surface area contributed by atoms with Gasteiger partial charge in [0.2, 0.25) is 0 Å². The van der Waals surface area contributed by atoms with Gasteiger partial charge in [0.15, 0.2) is 0 Å². The smallest absolute Gasteiger partial charge is 0.0283 e. The normalized spacial score (nSPS) is 28.1. The summed E-state index contributed by atoms with van der Waals surface area (Å²) in [6, 6.07) is 0. The summed E-state index contributed by atoms with van der Waals surface area (Å²) in [5.74, 6) is 0. The molecular formula is C11H20N2. The second kappa shape index (κ2) is 3.81. The van der Waals surface area contributed by atoms with Gasteiger partial charge in [0.25, 0.3) is 0 Å². The van der Waals surface area contributed by atoms with Crippen LogP contribution in [0.25, 0.3) is 0 Å². The molecule has 2 nitrogen and oxygen atoms in total. The maximum Gasteiger partial charge on any atom is 0.0283 e. The summed E-state index contributed by atoms with van der Waals surface area (Å²) >= 11 is 0. The van der Waals surface area contributed by atoms with Crippen molar-refractivity contribution in [1.82, 2.24) is 4.90 Å². The highest BCUT2D eigenvalue weighted by atomic mass is 15.1. The van der Waals surface area contributed by atoms with Gasteiger partial charge in [-0.15, -0.1) is 0 Å². The van der Waals surface area contributed by atoms with Gasteiger partial charge in [-0.05, 0) is 19.3 Å². The number of nitrogens with two attached hydrogens (primary N) is 1. The van der Waals surface area contributed by atoms with E-state index in [9.17, 15) is 0 Å². The monoisotopic (exact) mass is 180 g/mol. The molecule has 1 saturated carbocycles. The van der Waals surface area contributed by atoms with E-state index in [1.54, 1.807) is 0 Å². The van der Waals surface area contributed by atoms with E-state index in [0.717, 1.165) is 13.1 Å². The molecule has 0 amide bonds. The minimum absolute atomic E-state index is 0.144. The molecule has 0 aromatic rings. The maximum atomic E-state index is 6.32. The van der Waals surface area contributed by atoms with Crippen LogP contribution in [0.4, 0.5) is 0 Å². The summed E-state index contributed by atoms with van der Waals surface area (Å²) in [5, 5.41) is 0. The van der Waals surface area contributed by atoms with Crippen molar-refractivity contribution in [2.45, 2.75) is 37.6 Å². The average Bonchev–Trinajstić information content (AvgIpc) is 2.54. The lowest BCUT2D eigenvalue weighted by Crippen LogP contribution is -2.48. The molecule has 2 aliphatic rings. The van der Waals surface area contributed by atoms with E-state index < -0.39 is 0 Å². The van der Waals surface area contributed by atoms with Gasteiger partial charge in [-0.25, -0.2) is 0 Å². The lowest BCUT2D eigenvalue weighted by Gasteiger charge is -2.32. The molecule has 2 N–H and O–H groups in total. The van der Waals surface area contributed by atoms with Crippen LogP contribution in [-0.4, -0.2) is 30.1 Å². The molecule has 0 saturated heterocycles. The fraction of sp³-hybridized carbons (Fsp3) is 0.818. The van der Waals surface area contributed by atoms with Crippen LogP contribution >= 0.6 is 0 Å². The molecule has 1 fully saturated rings. The Bertz CT molecular complexity index is 192. The number of nitrogens with zero attached hydrogens (tertiary/aromatic N) is 1. The Labute approximate surface area is 80.8 Å². The molecule has 0 radical (unpaired) electrons. The second-order valence-electron chi connectivity index (χ2n) is 4.56. The van der Waals surface area contributed by atoms with Gasteiger partial charge in [0.1, 0.15) is 0 Å². The topological polar surface area (TPSA) is 29.3 Å². The van der Waals surface area contributed by atoms with E-state index in [1.165, 1.54) is 38.6 Å². The zero-order valence-electron chi connectivity index (χ0n) is 8.34. The molecule has 2 heteroatoms. The molecular weight excluding hydrogens is 160 g/mol. The summed E-state index contributed by atoms with van der Waals surface area (Å²) in [4.78, 5) is 2.49. The Kier molecular flexibility index (Phi) is 2.70. The largest absolute Gasteiger partial charge is 0.324 e. The predicted molar refractivity (Wildman–Crippen MR) is 55.6 cm³/mol. The van der Waals surface area contributed by atoms with Crippen molar-refractivity contribution >= 4 is 0 Å². The third-order valence-corrected chi connectivity index (χ3v) is 3.28. The minimum atomic E-state index is 0.144. The molecule has 2 rings (SSSR count). The van der Waals surface area contributed by atoms with E-state index >= 15 is 0 Å². The first-order valence-electron chi connectivity index (χ1n) is 5.45. The lowest BCUT2D eigenvalue weighted by atomic mass is 9.98. The van der Waals surface area contributed by atoms with Crippen LogP contribution in [0, 0.1) is 0 Å². The van der Waals surface area contributed by atoms with E-state index in [1.807, 2.05) is 0 Å². The SMILES string of the molecule is NC1(CN2CC=CCC2)CCCC1. The molecule has 13 heavy (non-hydrogen) atoms. The van der Waals surface area contributed by atoms with Crippen LogP contribution in [0.2, 0.25) is 0 Å². The predicted octanol–water partition coefficient (Wildman–Crippen LogP) is 1.52. The molecule has 1 heterocycles. The van der Waals surface area contributed by atoms with Gasteiger partial charge >= 0.3 is 0 Å². The Morgan fingerprint density at radius 2 is 2.00 bits per heavy atom. The van der Waals surface area contributed by atoms with E-state index in [2.05, 4.69) is 17.1 Å². The van der Waals surface area contributed by atoms with Crippen LogP contribution < -0.4 is 5.73 Å². The lowest BCUT2D eigenvalue weighted by molar-refractivity contribution is 0.225. The Hall–Kier alpha value is -0.340. The molecule has 74 valence electrons. The van der Waals surface area contributed by atoms with E-state index in [4.69, 9.17) is 5.73 Å². The molecule has 0 aromatic heterocycles. The number of rotatable bonds is 2. The Morgan fingerprint density at radius 3 is 2.62 bits per heavy atom. The minimum Gasteiger partial charge on any atom is -0.324 e. The van der Waals surface area contributed by atoms with Gasteiger partial charge < -0.3 is 5.73 Å². The average molecular weight is 180 g/mol. The fourth-order valence-electron chi connectivity index (χ4n) is 2.52. The van der Waals surface area contributed by atoms with Crippen molar-refractivity contribution in [2.24, 2.45) is 5.73 Å². The fourth-order valence-corrected chi connectivity index (χ4v) is 2.52. The zero-order chi connectivity index (χ0) is 9.15. The summed E-state index contributed by atoms with van der Waals surface area (Å²) in [6.45, 7) is 3.42. The summed E-state index contributed by atoms with van der Waals surface area (Å²) in [5.41, 5.74) is 6.47. The van der Waals surface area contributed by atoms with Crippen molar-refractivity contribution in [3.63, 3.8) is 0 Å². The Morgan fingerprint density at radius 1 is 1.23 bits per heavy atom. The third-order valence-electron chi connectivity index (χ3n) is 3.28. The van der Waals surface area contributed by atoms with Gasteiger partial charge in [-0.2, -0.15) is 0 Å². The first-order chi connectivity index (χ1) is 6.29. The van der Waals surface area contributed by atoms with Gasteiger partial charge in [0.05, 0.1) is 0 Å². The van der Waals surface area contributed by atoms with Crippen molar-refractivity contribution in [3.05, 3.63) is 12.2 Å². The van der Waals surface area contributed by atoms with Crippen molar-refractivity contribution in [3.8, 4) is 0 Å². The van der Waals surface area contributed by atoms with E-state index in [0.29, 0.717) is 0 Å². The van der Waals surface area contributed by atoms with Crippen LogP contribution in [0.3, 0.4) is 0 Å². The van der Waals surface area contributed by atoms with Crippen LogP contribution in [0.5, 0.6) is 0 Å². The molecule has 1 aliphatic heterocycles. The first kappa shape index (κ1) is 9.22. The second-order valence-corrected chi connectivity index (χ2v) is 4.56. The molecule has 0 unspecified atom stereocenters. The van der Waals surface area contributed by atoms with Crippen molar-refractivity contribution in [2.75, 3.05) is 19.6 Å². The molecule has 0 aromatic carbocycles. The quantitative estimate of drug-likeness (QED) is 0.653. The highest BCUT2D eigenvalue weighted by molar-refractivity contribution is 4.97. The maximum absolute atomic E-state index is 6.32. The van der Waals surface area contributed by atoms with Crippen LogP contribution in [-0.2, 0) is 0 Å². The number of hydrogen-bond donors (Lipinski definition) is 1. The molecule has 0 atom stereocenters. The van der Waals surface area contributed by atoms with Gasteiger partial charge in [0, 0.05) is 25.2 Å². The highest BCUT2D eigenvalue weighted by Crippen LogP contribution is 2.28. The van der Waals surface area contributed by atoms with Gasteiger partial charge in [-0.1, -0.05) is 25.0 Å². The number of hydrogen-bond acceptors (Lipinski definition) is 2. The molecule has 0 bridgehead atoms. The van der Waals surface area contributed by atoms with Crippen molar-refractivity contribution < 1.29 is 0 Å². The first-order valence-corrected chi connectivity index (χ1v) is 5.45. The van der Waals surface area contributed by atoms with Crippen LogP contribution in [0.1, 0.15) is 32.1 Å². The summed E-state index contributed by atoms with van der Waals surface area (Å²) in [6.07, 6.45) is 10.9. The summed E-state index contributed by atoms with van der Waals surface area (Å²) < 4.78 is 0. The zero-order valence-corrected chi connectivity index (χ0v) is 8.34. The Balaban J connectivity index is 1.85. The van der Waals surface area contributed by atoms with Crippen molar-refractivity contribution in [1.29, 1.82) is 0 Å². The summed E-state index contributed by atoms with van der Waals surface area (Å²) in [7, 11) is 0. The molecule has 0 spiro atoms. The molecule has 1 aliphatic carbocycles. The standard InChI is InChI=1S/C11H20N2/c12-11(6-2-3-7-11)10-13-8-4-1-5-9-13/h1,4H,2-3,5-10,12H2. The van der Waals surface area contributed by atoms with Crippen LogP contribution in [0.15, 0.2) is 12.2 Å².